The van der Waals surface area contributed by atoms with Crippen molar-refractivity contribution in [2.24, 2.45) is 0 Å². The van der Waals surface area contributed by atoms with Gasteiger partial charge < -0.3 is 39.9 Å². The van der Waals surface area contributed by atoms with Crippen molar-refractivity contribution in [3.63, 3.8) is 0 Å². The average molecular weight is 811 g/mol. The highest BCUT2D eigenvalue weighted by Crippen LogP contribution is 2.47. The van der Waals surface area contributed by atoms with Crippen LogP contribution in [0.15, 0.2) is 85.1 Å². The first-order valence-corrected chi connectivity index (χ1v) is 21.9. The van der Waals surface area contributed by atoms with Gasteiger partial charge in [0, 0.05) is 13.0 Å². The first kappa shape index (κ1) is 51.5. The molecule has 1 aliphatic carbocycles. The molecular weight excluding hydrogens is 739 g/mol. The molecule has 320 valence electrons. The molecule has 56 heavy (non-hydrogen) atoms. The Hall–Kier alpha value is -2.48. The number of allylic oxidation sites excluding steroid dienone is 14. The highest BCUT2D eigenvalue weighted by molar-refractivity contribution is 7.47. The average Bonchev–Trinajstić information content (AvgIpc) is 3.18. The smallest absolute Gasteiger partial charge is 0.457 e. The maximum absolute atomic E-state index is 12.8. The molecule has 6 N–H and O–H groups in total. The number of phosphoric ester groups is 1. The zero-order valence-electron chi connectivity index (χ0n) is 33.6. The molecule has 0 aromatic heterocycles. The number of unbranched alkanes of at least 4 members (excludes halogenated alkanes) is 6. The van der Waals surface area contributed by atoms with E-state index >= 15 is 0 Å². The lowest BCUT2D eigenvalue weighted by atomic mass is 9.85. The van der Waals surface area contributed by atoms with Gasteiger partial charge in [0.2, 0.25) is 0 Å². The van der Waals surface area contributed by atoms with Crippen LogP contribution in [0, 0.1) is 0 Å². The van der Waals surface area contributed by atoms with Gasteiger partial charge in [-0.3, -0.25) is 13.8 Å². The summed E-state index contributed by atoms with van der Waals surface area (Å²) < 4.78 is 33.9. The van der Waals surface area contributed by atoms with E-state index in [1.807, 2.05) is 18.2 Å². The number of carbonyl (C=O) groups excluding carboxylic acids is 1. The molecule has 0 aliphatic heterocycles. The largest absolute Gasteiger partial charge is 0.472 e. The molecule has 0 bridgehead atoms. The van der Waals surface area contributed by atoms with Crippen LogP contribution in [0.2, 0.25) is 0 Å². The summed E-state index contributed by atoms with van der Waals surface area (Å²) in [5, 5.41) is 50.0. The summed E-state index contributed by atoms with van der Waals surface area (Å²) in [5.74, 6) is -0.567. The third kappa shape index (κ3) is 25.7. The van der Waals surface area contributed by atoms with Crippen LogP contribution in [0.5, 0.6) is 0 Å². The lowest BCUT2D eigenvalue weighted by Crippen LogP contribution is -2.64. The predicted octanol–water partition coefficient (Wildman–Crippen LogP) is 7.41. The fourth-order valence-corrected chi connectivity index (χ4v) is 6.53. The maximum Gasteiger partial charge on any atom is 0.472 e. The molecule has 1 saturated carbocycles. The molecule has 0 spiro atoms. The molecule has 0 amide bonds. The van der Waals surface area contributed by atoms with Crippen molar-refractivity contribution in [1.29, 1.82) is 0 Å². The normalized spacial score (nSPS) is 23.9. The van der Waals surface area contributed by atoms with Crippen molar-refractivity contribution >= 4 is 13.8 Å². The number of phosphoric acid groups is 1. The van der Waals surface area contributed by atoms with Gasteiger partial charge in [0.1, 0.15) is 42.7 Å². The van der Waals surface area contributed by atoms with Crippen molar-refractivity contribution in [3.8, 4) is 0 Å². The molecule has 1 aliphatic rings. The zero-order chi connectivity index (χ0) is 41.3. The van der Waals surface area contributed by atoms with Crippen LogP contribution in [0.3, 0.4) is 0 Å². The summed E-state index contributed by atoms with van der Waals surface area (Å²) in [5.41, 5.74) is 0. The summed E-state index contributed by atoms with van der Waals surface area (Å²) >= 11 is 0. The van der Waals surface area contributed by atoms with E-state index in [0.717, 1.165) is 89.9 Å². The van der Waals surface area contributed by atoms with Gasteiger partial charge in [-0.15, -0.1) is 0 Å². The van der Waals surface area contributed by atoms with Crippen molar-refractivity contribution in [2.45, 2.75) is 159 Å². The third-order valence-electron chi connectivity index (χ3n) is 8.78. The third-order valence-corrected chi connectivity index (χ3v) is 9.76. The van der Waals surface area contributed by atoms with E-state index in [1.54, 1.807) is 0 Å². The fourth-order valence-electron chi connectivity index (χ4n) is 5.56. The van der Waals surface area contributed by atoms with Gasteiger partial charge in [0.25, 0.3) is 0 Å². The summed E-state index contributed by atoms with van der Waals surface area (Å²) in [6, 6.07) is 0. The van der Waals surface area contributed by atoms with Crippen LogP contribution in [0.4, 0.5) is 0 Å². The number of ether oxygens (including phenoxy) is 2. The quantitative estimate of drug-likeness (QED) is 0.0171. The summed E-state index contributed by atoms with van der Waals surface area (Å²) in [7, 11) is -5.04. The molecule has 1 rings (SSSR count). The zero-order valence-corrected chi connectivity index (χ0v) is 34.5. The number of aliphatic hydroxyl groups is 5. The Morgan fingerprint density at radius 2 is 1.00 bits per heavy atom. The Kier molecular flexibility index (Phi) is 30.8. The second-order valence-corrected chi connectivity index (χ2v) is 15.1. The number of aliphatic hydroxyl groups excluding tert-OH is 5. The summed E-state index contributed by atoms with van der Waals surface area (Å²) in [6.07, 6.45) is 31.1. The van der Waals surface area contributed by atoms with E-state index in [4.69, 9.17) is 18.5 Å². The molecule has 0 aromatic rings. The minimum Gasteiger partial charge on any atom is -0.457 e. The van der Waals surface area contributed by atoms with Crippen molar-refractivity contribution in [1.82, 2.24) is 0 Å². The first-order chi connectivity index (χ1) is 27.0. The van der Waals surface area contributed by atoms with Crippen LogP contribution < -0.4 is 0 Å². The molecule has 0 radical (unpaired) electrons. The van der Waals surface area contributed by atoms with E-state index in [2.05, 4.69) is 80.7 Å². The summed E-state index contributed by atoms with van der Waals surface area (Å²) in [4.78, 5) is 23.0. The second-order valence-electron chi connectivity index (χ2n) is 13.7. The first-order valence-electron chi connectivity index (χ1n) is 20.4. The predicted molar refractivity (Wildman–Crippen MR) is 221 cm³/mol. The Morgan fingerprint density at radius 1 is 0.571 bits per heavy atom. The van der Waals surface area contributed by atoms with Crippen molar-refractivity contribution in [3.05, 3.63) is 85.1 Å². The van der Waals surface area contributed by atoms with Crippen LogP contribution in [0.1, 0.15) is 117 Å². The minimum absolute atomic E-state index is 0.0559. The lowest BCUT2D eigenvalue weighted by Gasteiger charge is -2.41. The van der Waals surface area contributed by atoms with E-state index in [-0.39, 0.29) is 13.0 Å². The Balaban J connectivity index is 2.51. The van der Waals surface area contributed by atoms with Gasteiger partial charge in [-0.2, -0.15) is 0 Å². The topological polar surface area (TPSA) is 192 Å². The molecule has 0 saturated heterocycles. The molecule has 13 heteroatoms. The second kappa shape index (κ2) is 33.5. The van der Waals surface area contributed by atoms with Crippen molar-refractivity contribution < 1.29 is 58.3 Å². The standard InChI is InChI=1S/C43H71O12P/c1-3-5-7-9-11-13-15-17-18-19-21-23-25-27-29-31-33-52-34-36(35-53-56(50,51)55-43-41(48)39(46)38(45)40(47)42(43)49)54-37(44)32-30-28-26-24-22-20-16-14-12-10-8-6-4-2/h5-8,11-14,17-18,20,22,26,28,36,38-43,45-49H,3-4,9-10,15-16,19,21,23-25,27,29-35H2,1-2H3,(H,50,51)/b7-5-,8-6-,13-11-,14-12-,18-17-,22-20-,28-26-. The molecule has 0 heterocycles. The fraction of sp³-hybridized carbons (Fsp3) is 0.651. The van der Waals surface area contributed by atoms with Gasteiger partial charge in [-0.25, -0.2) is 4.57 Å². The van der Waals surface area contributed by atoms with E-state index < -0.39 is 63.1 Å². The highest BCUT2D eigenvalue weighted by Gasteiger charge is 2.51. The van der Waals surface area contributed by atoms with Gasteiger partial charge >= 0.3 is 13.8 Å². The van der Waals surface area contributed by atoms with Gasteiger partial charge in [-0.05, 0) is 70.6 Å². The minimum atomic E-state index is -5.04. The van der Waals surface area contributed by atoms with Crippen molar-refractivity contribution in [2.75, 3.05) is 19.8 Å². The molecule has 0 aromatic carbocycles. The number of hydrogen-bond donors (Lipinski definition) is 6. The molecule has 6 unspecified atom stereocenters. The Bertz CT molecular complexity index is 1240. The monoisotopic (exact) mass is 810 g/mol. The van der Waals surface area contributed by atoms with Crippen LogP contribution in [-0.4, -0.2) is 98.9 Å². The molecular formula is C43H71O12P. The number of esters is 1. The Morgan fingerprint density at radius 3 is 1.52 bits per heavy atom. The molecule has 12 nitrogen and oxygen atoms in total. The molecule has 6 atom stereocenters. The maximum atomic E-state index is 12.8. The number of carbonyl (C=O) groups is 1. The van der Waals surface area contributed by atoms with E-state index in [9.17, 15) is 39.8 Å². The van der Waals surface area contributed by atoms with Crippen LogP contribution in [0.25, 0.3) is 0 Å². The Labute approximate surface area is 335 Å². The SMILES string of the molecule is CC/C=C\C/C=C\C/C=C\C/C=C\CCC(=O)OC(COCCCCCCCC/C=C\C/C=C\C/C=C\CC)COP(=O)(O)OC1C(O)C(O)C(O)C(O)C1O. The van der Waals surface area contributed by atoms with Crippen LogP contribution in [-0.2, 0) is 27.9 Å². The van der Waals surface area contributed by atoms with Gasteiger partial charge in [0.15, 0.2) is 0 Å². The van der Waals surface area contributed by atoms with E-state index in [0.29, 0.717) is 13.0 Å². The number of rotatable bonds is 32. The summed E-state index contributed by atoms with van der Waals surface area (Å²) in [6.45, 7) is 3.88. The van der Waals surface area contributed by atoms with E-state index in [1.165, 1.54) is 0 Å². The highest BCUT2D eigenvalue weighted by atomic mass is 31.2. The number of hydrogen-bond acceptors (Lipinski definition) is 11. The van der Waals surface area contributed by atoms with Gasteiger partial charge in [-0.1, -0.05) is 125 Å². The lowest BCUT2D eigenvalue weighted by molar-refractivity contribution is -0.220. The van der Waals surface area contributed by atoms with Gasteiger partial charge in [0.05, 0.1) is 13.2 Å². The molecule has 1 fully saturated rings. The van der Waals surface area contributed by atoms with Crippen LogP contribution >= 0.6 is 7.82 Å².